The predicted molar refractivity (Wildman–Crippen MR) is 81.6 cm³/mol. The molecular weight excluding hydrogens is 306 g/mol. The molecule has 0 aliphatic heterocycles. The highest BCUT2D eigenvalue weighted by Gasteiger charge is 2.11. The van der Waals surface area contributed by atoms with E-state index in [4.69, 9.17) is 0 Å². The van der Waals surface area contributed by atoms with Gasteiger partial charge in [-0.1, -0.05) is 60.3 Å². The van der Waals surface area contributed by atoms with Gasteiger partial charge in [0.25, 0.3) is 0 Å². The number of carboxylic acid groups (broad SMARTS) is 1. The van der Waals surface area contributed by atoms with E-state index in [-0.39, 0.29) is 0 Å². The maximum Gasteiger partial charge on any atom is 0.407 e. The number of hydrogen-bond donors (Lipinski definition) is 1. The first-order chi connectivity index (χ1) is 9.15. The summed E-state index contributed by atoms with van der Waals surface area (Å²) in [5.41, 5.74) is 1.15. The third kappa shape index (κ3) is 6.10. The fourth-order valence-corrected chi connectivity index (χ4v) is 2.47. The third-order valence-corrected chi connectivity index (χ3v) is 3.93. The number of rotatable bonds is 8. The molecule has 1 rings (SSSR count). The lowest BCUT2D eigenvalue weighted by Crippen LogP contribution is -2.32. The van der Waals surface area contributed by atoms with Crippen LogP contribution in [-0.4, -0.2) is 29.2 Å². The van der Waals surface area contributed by atoms with Gasteiger partial charge >= 0.3 is 6.09 Å². The highest BCUT2D eigenvalue weighted by molar-refractivity contribution is 9.10. The molecule has 1 amide bonds. The summed E-state index contributed by atoms with van der Waals surface area (Å²) in [4.78, 5) is 12.7. The molecular formula is C15H22BrNO2. The summed E-state index contributed by atoms with van der Waals surface area (Å²) < 4.78 is 1.05. The Morgan fingerprint density at radius 3 is 2.58 bits per heavy atom. The Labute approximate surface area is 123 Å². The highest BCUT2D eigenvalue weighted by atomic mass is 79.9. The summed E-state index contributed by atoms with van der Waals surface area (Å²) in [6.45, 7) is 3.35. The minimum absolute atomic E-state index is 0.560. The zero-order valence-electron chi connectivity index (χ0n) is 11.4. The van der Waals surface area contributed by atoms with E-state index in [1.165, 1.54) is 17.7 Å². The topological polar surface area (TPSA) is 40.5 Å². The van der Waals surface area contributed by atoms with Crippen LogP contribution in [0.15, 0.2) is 28.7 Å². The zero-order chi connectivity index (χ0) is 14.1. The molecule has 0 saturated heterocycles. The van der Waals surface area contributed by atoms with Gasteiger partial charge in [-0.05, 0) is 24.5 Å². The summed E-state index contributed by atoms with van der Waals surface area (Å²) in [7, 11) is 0. The van der Waals surface area contributed by atoms with E-state index >= 15 is 0 Å². The van der Waals surface area contributed by atoms with Crippen molar-refractivity contribution in [1.29, 1.82) is 0 Å². The van der Waals surface area contributed by atoms with Crippen LogP contribution in [0.25, 0.3) is 0 Å². The summed E-state index contributed by atoms with van der Waals surface area (Å²) in [5.74, 6) is 0. The van der Waals surface area contributed by atoms with Gasteiger partial charge in [-0.3, -0.25) is 0 Å². The molecule has 1 aromatic carbocycles. The Hall–Kier alpha value is -1.03. The van der Waals surface area contributed by atoms with Gasteiger partial charge in [0.2, 0.25) is 0 Å². The molecule has 19 heavy (non-hydrogen) atoms. The van der Waals surface area contributed by atoms with Gasteiger partial charge in [0, 0.05) is 17.6 Å². The SMILES string of the molecule is CCCCCCN(CCc1ccccc1Br)C(=O)O. The van der Waals surface area contributed by atoms with Gasteiger partial charge in [0.05, 0.1) is 0 Å². The lowest BCUT2D eigenvalue weighted by molar-refractivity contribution is 0.144. The van der Waals surface area contributed by atoms with Crippen LogP contribution in [0.2, 0.25) is 0 Å². The van der Waals surface area contributed by atoms with Gasteiger partial charge < -0.3 is 10.0 Å². The molecule has 0 saturated carbocycles. The van der Waals surface area contributed by atoms with Crippen LogP contribution in [0.5, 0.6) is 0 Å². The molecule has 0 heterocycles. The van der Waals surface area contributed by atoms with Gasteiger partial charge in [-0.25, -0.2) is 4.79 Å². The van der Waals surface area contributed by atoms with E-state index in [1.54, 1.807) is 0 Å². The van der Waals surface area contributed by atoms with Crippen LogP contribution in [0.3, 0.4) is 0 Å². The smallest absolute Gasteiger partial charge is 0.407 e. The van der Waals surface area contributed by atoms with Crippen LogP contribution >= 0.6 is 15.9 Å². The van der Waals surface area contributed by atoms with Crippen molar-refractivity contribution in [3.8, 4) is 0 Å². The molecule has 0 unspecified atom stereocenters. The zero-order valence-corrected chi connectivity index (χ0v) is 13.0. The van der Waals surface area contributed by atoms with Crippen LogP contribution < -0.4 is 0 Å². The maximum atomic E-state index is 11.2. The van der Waals surface area contributed by atoms with Crippen molar-refractivity contribution >= 4 is 22.0 Å². The summed E-state index contributed by atoms with van der Waals surface area (Å²) >= 11 is 3.49. The Kier molecular flexibility index (Phi) is 7.56. The van der Waals surface area contributed by atoms with Crippen LogP contribution in [-0.2, 0) is 6.42 Å². The van der Waals surface area contributed by atoms with E-state index in [2.05, 4.69) is 22.9 Å². The van der Waals surface area contributed by atoms with E-state index in [0.717, 1.165) is 29.3 Å². The van der Waals surface area contributed by atoms with Crippen molar-refractivity contribution in [3.05, 3.63) is 34.3 Å². The van der Waals surface area contributed by atoms with Gasteiger partial charge in [-0.15, -0.1) is 0 Å². The van der Waals surface area contributed by atoms with Crippen molar-refractivity contribution in [1.82, 2.24) is 4.90 Å². The van der Waals surface area contributed by atoms with E-state index in [9.17, 15) is 9.90 Å². The number of benzene rings is 1. The second kappa shape index (κ2) is 8.97. The number of halogens is 1. The maximum absolute atomic E-state index is 11.2. The molecule has 0 bridgehead atoms. The molecule has 4 heteroatoms. The third-order valence-electron chi connectivity index (χ3n) is 3.16. The number of hydrogen-bond acceptors (Lipinski definition) is 1. The molecule has 0 spiro atoms. The molecule has 0 radical (unpaired) electrons. The van der Waals surface area contributed by atoms with Crippen molar-refractivity contribution < 1.29 is 9.90 Å². The fourth-order valence-electron chi connectivity index (χ4n) is 1.99. The van der Waals surface area contributed by atoms with Crippen molar-refractivity contribution in [2.75, 3.05) is 13.1 Å². The molecule has 0 aromatic heterocycles. The average molecular weight is 328 g/mol. The Bertz CT molecular complexity index is 395. The molecule has 0 aliphatic rings. The second-order valence-electron chi connectivity index (χ2n) is 4.67. The Morgan fingerprint density at radius 2 is 1.95 bits per heavy atom. The van der Waals surface area contributed by atoms with E-state index in [0.29, 0.717) is 13.1 Å². The lowest BCUT2D eigenvalue weighted by Gasteiger charge is -2.19. The monoisotopic (exact) mass is 327 g/mol. The molecule has 106 valence electrons. The Morgan fingerprint density at radius 1 is 1.21 bits per heavy atom. The molecule has 3 nitrogen and oxygen atoms in total. The Balaban J connectivity index is 2.41. The first-order valence-electron chi connectivity index (χ1n) is 6.86. The lowest BCUT2D eigenvalue weighted by atomic mass is 10.1. The van der Waals surface area contributed by atoms with Crippen molar-refractivity contribution in [2.24, 2.45) is 0 Å². The predicted octanol–water partition coefficient (Wildman–Crippen LogP) is 4.55. The fraction of sp³-hybridized carbons (Fsp3) is 0.533. The van der Waals surface area contributed by atoms with E-state index in [1.807, 2.05) is 24.3 Å². The van der Waals surface area contributed by atoms with Gasteiger partial charge in [-0.2, -0.15) is 0 Å². The van der Waals surface area contributed by atoms with Gasteiger partial charge in [0.15, 0.2) is 0 Å². The molecule has 1 aromatic rings. The largest absolute Gasteiger partial charge is 0.465 e. The van der Waals surface area contributed by atoms with Crippen LogP contribution in [0.1, 0.15) is 38.2 Å². The highest BCUT2D eigenvalue weighted by Crippen LogP contribution is 2.16. The average Bonchev–Trinajstić information content (AvgIpc) is 2.39. The van der Waals surface area contributed by atoms with Crippen molar-refractivity contribution in [2.45, 2.75) is 39.0 Å². The standard InChI is InChI=1S/C15H22BrNO2/c1-2-3-4-7-11-17(15(18)19)12-10-13-8-5-6-9-14(13)16/h5-6,8-9H,2-4,7,10-12H2,1H3,(H,18,19). The summed E-state index contributed by atoms with van der Waals surface area (Å²) in [5, 5.41) is 9.19. The van der Waals surface area contributed by atoms with Crippen LogP contribution in [0.4, 0.5) is 4.79 Å². The van der Waals surface area contributed by atoms with Crippen molar-refractivity contribution in [3.63, 3.8) is 0 Å². The van der Waals surface area contributed by atoms with E-state index < -0.39 is 6.09 Å². The van der Waals surface area contributed by atoms with Crippen LogP contribution in [0, 0.1) is 0 Å². The minimum Gasteiger partial charge on any atom is -0.465 e. The molecule has 0 aliphatic carbocycles. The molecule has 0 atom stereocenters. The second-order valence-corrected chi connectivity index (χ2v) is 5.53. The first-order valence-corrected chi connectivity index (χ1v) is 7.65. The minimum atomic E-state index is -0.816. The number of amides is 1. The number of nitrogens with zero attached hydrogens (tertiary/aromatic N) is 1. The van der Waals surface area contributed by atoms with Gasteiger partial charge in [0.1, 0.15) is 0 Å². The normalized spacial score (nSPS) is 10.4. The summed E-state index contributed by atoms with van der Waals surface area (Å²) in [6, 6.07) is 7.96. The molecule has 1 N–H and O–H groups in total. The number of unbranched alkanes of at least 4 members (excludes halogenated alkanes) is 3. The first kappa shape index (κ1) is 16.0. The quantitative estimate of drug-likeness (QED) is 0.711. The summed E-state index contributed by atoms with van der Waals surface area (Å²) in [6.07, 6.45) is 4.35. The molecule has 0 fully saturated rings. The number of carbonyl (C=O) groups is 1.